The molecule has 4 N–H and O–H groups in total. The molecule has 0 spiro atoms. The molecule has 0 aliphatic carbocycles. The third kappa shape index (κ3) is 5.64. The summed E-state index contributed by atoms with van der Waals surface area (Å²) in [5.74, 6) is -0.579. The molecule has 0 radical (unpaired) electrons. The first-order chi connectivity index (χ1) is 18.6. The Morgan fingerprint density at radius 2 is 1.56 bits per heavy atom. The van der Waals surface area contributed by atoms with Crippen molar-refractivity contribution in [2.45, 2.75) is 25.0 Å². The fourth-order valence-electron chi connectivity index (χ4n) is 5.09. The maximum Gasteiger partial charge on any atom is 0.356 e. The third-order valence-electron chi connectivity index (χ3n) is 7.12. The van der Waals surface area contributed by atoms with E-state index in [0.717, 1.165) is 0 Å². The Morgan fingerprint density at radius 3 is 2.23 bits per heavy atom. The van der Waals surface area contributed by atoms with Crippen LogP contribution in [-0.2, 0) is 9.36 Å². The number of hydrogen-bond donors (Lipinski definition) is 4. The lowest BCUT2D eigenvalue weighted by Crippen LogP contribution is -2.55. The van der Waals surface area contributed by atoms with E-state index in [0.29, 0.717) is 45.8 Å². The van der Waals surface area contributed by atoms with Gasteiger partial charge in [0.05, 0.1) is 23.4 Å². The number of aliphatic hydroxyl groups is 1. The number of rotatable bonds is 8. The number of aliphatic hydroxyl groups excluding tert-OH is 1. The Hall–Kier alpha value is -3.45. The second-order valence-electron chi connectivity index (χ2n) is 9.61. The van der Waals surface area contributed by atoms with Crippen LogP contribution < -0.4 is 10.2 Å². The maximum absolute atomic E-state index is 13.3. The summed E-state index contributed by atoms with van der Waals surface area (Å²) in [6, 6.07) is 26.8. The van der Waals surface area contributed by atoms with Gasteiger partial charge in [-0.3, -0.25) is 9.36 Å². The number of anilines is 1. The highest BCUT2D eigenvalue weighted by Crippen LogP contribution is 2.49. The predicted octanol–water partition coefficient (Wildman–Crippen LogP) is 5.73. The van der Waals surface area contributed by atoms with Crippen molar-refractivity contribution in [2.24, 2.45) is 5.92 Å². The van der Waals surface area contributed by atoms with Crippen molar-refractivity contribution in [3.8, 4) is 16.9 Å². The molecule has 0 unspecified atom stereocenters. The molecule has 9 heteroatoms. The monoisotopic (exact) mass is 563 g/mol. The molecule has 39 heavy (non-hydrogen) atoms. The van der Waals surface area contributed by atoms with Crippen LogP contribution in [0.4, 0.5) is 5.69 Å². The van der Waals surface area contributed by atoms with E-state index in [1.165, 1.54) is 12.1 Å². The van der Waals surface area contributed by atoms with Crippen LogP contribution in [-0.4, -0.2) is 25.9 Å². The summed E-state index contributed by atoms with van der Waals surface area (Å²) >= 11 is 5.96. The van der Waals surface area contributed by atoms with Gasteiger partial charge in [0, 0.05) is 16.3 Å². The molecule has 4 aromatic carbocycles. The van der Waals surface area contributed by atoms with Gasteiger partial charge in [-0.15, -0.1) is 0 Å². The summed E-state index contributed by atoms with van der Waals surface area (Å²) in [5.41, 5.74) is 3.11. The van der Waals surface area contributed by atoms with Crippen LogP contribution in [0.5, 0.6) is 5.75 Å². The number of para-hydroxylation sites is 1. The van der Waals surface area contributed by atoms with Gasteiger partial charge in [0.1, 0.15) is 5.75 Å². The van der Waals surface area contributed by atoms with Crippen LogP contribution in [0.25, 0.3) is 11.1 Å². The number of nitrogens with zero attached hydrogens (tertiary/aromatic N) is 1. The summed E-state index contributed by atoms with van der Waals surface area (Å²) in [6.07, 6.45) is -0.00776. The maximum atomic E-state index is 13.3. The van der Waals surface area contributed by atoms with E-state index in [2.05, 4.69) is 0 Å². The number of halogens is 1. The zero-order valence-corrected chi connectivity index (χ0v) is 22.4. The number of phenolic OH excluding ortho intramolecular Hbond substituents is 1. The van der Waals surface area contributed by atoms with Crippen molar-refractivity contribution < 1.29 is 29.4 Å². The van der Waals surface area contributed by atoms with Crippen molar-refractivity contribution in [1.82, 2.24) is 0 Å². The Labute approximate surface area is 231 Å². The molecule has 1 amide bonds. The largest absolute Gasteiger partial charge is 0.508 e. The lowest BCUT2D eigenvalue weighted by atomic mass is 9.77. The van der Waals surface area contributed by atoms with Gasteiger partial charge < -0.3 is 24.9 Å². The zero-order chi connectivity index (χ0) is 27.7. The highest BCUT2D eigenvalue weighted by atomic mass is 35.5. The molecule has 1 fully saturated rings. The molecule has 200 valence electrons. The normalized spacial score (nSPS) is 18.1. The van der Waals surface area contributed by atoms with Crippen molar-refractivity contribution >= 4 is 36.1 Å². The van der Waals surface area contributed by atoms with E-state index >= 15 is 0 Å². The van der Waals surface area contributed by atoms with E-state index in [1.54, 1.807) is 59.5 Å². The predicted molar refractivity (Wildman–Crippen MR) is 151 cm³/mol. The average Bonchev–Trinajstić information content (AvgIpc) is 2.92. The number of hydrogen-bond acceptors (Lipinski definition) is 4. The quantitative estimate of drug-likeness (QED) is 0.160. The average molecular weight is 564 g/mol. The number of benzene rings is 4. The first-order valence-corrected chi connectivity index (χ1v) is 14.4. The molecular formula is C30H27ClNO6P. The van der Waals surface area contributed by atoms with Gasteiger partial charge in [-0.25, -0.2) is 0 Å². The van der Waals surface area contributed by atoms with E-state index in [1.807, 2.05) is 30.3 Å². The highest BCUT2D eigenvalue weighted by Gasteiger charge is 2.49. The number of carbonyl (C=O) groups is 1. The molecular weight excluding hydrogens is 537 g/mol. The fraction of sp³-hybridized carbons (Fsp3) is 0.167. The molecule has 7 nitrogen and oxygen atoms in total. The van der Waals surface area contributed by atoms with E-state index in [4.69, 9.17) is 11.6 Å². The summed E-state index contributed by atoms with van der Waals surface area (Å²) in [7, 11) is -4.43. The minimum Gasteiger partial charge on any atom is -0.508 e. The highest BCUT2D eigenvalue weighted by molar-refractivity contribution is 7.60. The van der Waals surface area contributed by atoms with Gasteiger partial charge in [0.25, 0.3) is 0 Å². The van der Waals surface area contributed by atoms with Crippen LogP contribution in [0.1, 0.15) is 36.1 Å². The fourth-order valence-corrected chi connectivity index (χ4v) is 5.80. The molecule has 1 aliphatic heterocycles. The zero-order valence-electron chi connectivity index (χ0n) is 20.8. The standard InChI is InChI=1S/C30H27ClNO6P/c31-22-12-9-19(10-13-22)27(33)16-15-26-29(32(30(26)35)23-6-2-1-3-7-23)25-14-11-21(18-28(25)34)20-5-4-8-24(17-20)39(36,37)38/h1-14,17-18,26-27,29,33-34H,15-16H2,(H2,36,37,38)/t26-,27+,29-/m1/s1. The molecule has 1 aliphatic rings. The van der Waals surface area contributed by atoms with Gasteiger partial charge in [0.15, 0.2) is 0 Å². The minimum absolute atomic E-state index is 0.0317. The second kappa shape index (κ2) is 11.0. The number of carbonyl (C=O) groups excluding carboxylic acids is 1. The first kappa shape index (κ1) is 27.1. The Bertz CT molecular complexity index is 1540. The number of aromatic hydroxyl groups is 1. The number of β-lactam (4-membered cyclic amide) rings is 1. The topological polar surface area (TPSA) is 118 Å². The van der Waals surface area contributed by atoms with Gasteiger partial charge in [-0.2, -0.15) is 0 Å². The van der Waals surface area contributed by atoms with Crippen molar-refractivity contribution in [1.29, 1.82) is 0 Å². The molecule has 5 rings (SSSR count). The van der Waals surface area contributed by atoms with Gasteiger partial charge in [0.2, 0.25) is 5.91 Å². The molecule has 3 atom stereocenters. The van der Waals surface area contributed by atoms with Crippen LogP contribution in [0.2, 0.25) is 5.02 Å². The molecule has 0 saturated carbocycles. The Morgan fingerprint density at radius 1 is 0.872 bits per heavy atom. The van der Waals surface area contributed by atoms with Crippen molar-refractivity contribution in [3.05, 3.63) is 113 Å². The minimum atomic E-state index is -4.43. The van der Waals surface area contributed by atoms with Gasteiger partial charge >= 0.3 is 7.60 Å². The van der Waals surface area contributed by atoms with Gasteiger partial charge in [-0.1, -0.05) is 66.2 Å². The van der Waals surface area contributed by atoms with Crippen molar-refractivity contribution in [2.75, 3.05) is 4.90 Å². The SMILES string of the molecule is O=C1[C@H](CC[C@H](O)c2ccc(Cl)cc2)[C@@H](c2ccc(-c3cccc(P(=O)(O)O)c3)cc2O)N1c1ccccc1. The molecule has 1 heterocycles. The number of amides is 1. The molecule has 4 aromatic rings. The van der Waals surface area contributed by atoms with E-state index in [-0.39, 0.29) is 17.0 Å². The van der Waals surface area contributed by atoms with Crippen molar-refractivity contribution in [3.63, 3.8) is 0 Å². The van der Waals surface area contributed by atoms with Crippen LogP contribution in [0.15, 0.2) is 97.1 Å². The lowest BCUT2D eigenvalue weighted by Gasteiger charge is -2.48. The first-order valence-electron chi connectivity index (χ1n) is 12.4. The van der Waals surface area contributed by atoms with Crippen LogP contribution in [0, 0.1) is 5.92 Å². The third-order valence-corrected chi connectivity index (χ3v) is 8.32. The Balaban J connectivity index is 1.44. The van der Waals surface area contributed by atoms with Gasteiger partial charge in [-0.05, 0) is 72.0 Å². The summed E-state index contributed by atoms with van der Waals surface area (Å²) in [6.45, 7) is 0. The molecule has 0 bridgehead atoms. The summed E-state index contributed by atoms with van der Waals surface area (Å²) < 4.78 is 11.7. The summed E-state index contributed by atoms with van der Waals surface area (Å²) in [4.78, 5) is 34.1. The van der Waals surface area contributed by atoms with E-state index < -0.39 is 25.7 Å². The Kier molecular flexibility index (Phi) is 7.63. The lowest BCUT2D eigenvalue weighted by molar-refractivity contribution is -0.131. The van der Waals surface area contributed by atoms with Crippen LogP contribution >= 0.6 is 19.2 Å². The number of phenols is 1. The van der Waals surface area contributed by atoms with E-state index in [9.17, 15) is 29.4 Å². The smallest absolute Gasteiger partial charge is 0.356 e. The summed E-state index contributed by atoms with van der Waals surface area (Å²) in [5, 5.41) is 22.3. The molecule has 0 aromatic heterocycles. The van der Waals surface area contributed by atoms with Crippen LogP contribution in [0.3, 0.4) is 0 Å². The second-order valence-corrected chi connectivity index (χ2v) is 11.6. The molecule has 1 saturated heterocycles.